The molecule has 0 spiro atoms. The second kappa shape index (κ2) is 7.68. The largest absolute Gasteiger partial charge is 0.423 e. The number of aromatic nitrogens is 1. The number of hydrogen-bond donors (Lipinski definition) is 0. The number of carbonyl (C=O) groups is 1. The zero-order valence-corrected chi connectivity index (χ0v) is 16.8. The maximum absolute atomic E-state index is 12.9. The van der Waals surface area contributed by atoms with Crippen molar-refractivity contribution in [2.24, 2.45) is 11.8 Å². The molecule has 0 N–H and O–H groups in total. The van der Waals surface area contributed by atoms with Gasteiger partial charge in [0.1, 0.15) is 5.52 Å². The Kier molecular flexibility index (Phi) is 5.28. The van der Waals surface area contributed by atoms with Crippen LogP contribution in [0.15, 0.2) is 22.6 Å². The van der Waals surface area contributed by atoms with Crippen molar-refractivity contribution in [2.75, 3.05) is 51.7 Å². The summed E-state index contributed by atoms with van der Waals surface area (Å²) in [6.07, 6.45) is 2.83. The van der Waals surface area contributed by atoms with Crippen LogP contribution >= 0.6 is 11.6 Å². The third-order valence-corrected chi connectivity index (χ3v) is 5.91. The van der Waals surface area contributed by atoms with Crippen LogP contribution in [0.25, 0.3) is 11.1 Å². The van der Waals surface area contributed by atoms with Gasteiger partial charge in [-0.15, -0.1) is 0 Å². The molecule has 7 heteroatoms. The highest BCUT2D eigenvalue weighted by molar-refractivity contribution is 6.31. The molecule has 1 unspecified atom stereocenters. The van der Waals surface area contributed by atoms with E-state index in [0.29, 0.717) is 28.4 Å². The number of anilines is 1. The minimum absolute atomic E-state index is 0.123. The molecule has 4 rings (SSSR count). The van der Waals surface area contributed by atoms with Gasteiger partial charge in [0, 0.05) is 49.7 Å². The molecule has 2 aliphatic rings. The van der Waals surface area contributed by atoms with E-state index in [1.807, 2.05) is 12.1 Å². The maximum Gasteiger partial charge on any atom is 0.298 e. The number of nitrogens with zero attached hydrogens (tertiary/aromatic N) is 4. The molecule has 146 valence electrons. The smallest absolute Gasteiger partial charge is 0.298 e. The second-order valence-electron chi connectivity index (χ2n) is 8.07. The average Bonchev–Trinajstić information content (AvgIpc) is 3.27. The molecule has 1 aromatic heterocycles. The highest BCUT2D eigenvalue weighted by atomic mass is 35.5. The van der Waals surface area contributed by atoms with Crippen LogP contribution in [0.5, 0.6) is 0 Å². The van der Waals surface area contributed by atoms with E-state index in [9.17, 15) is 4.79 Å². The summed E-state index contributed by atoms with van der Waals surface area (Å²) in [5, 5.41) is 0.646. The maximum atomic E-state index is 12.9. The molecule has 2 saturated heterocycles. The Labute approximate surface area is 165 Å². The molecule has 2 aromatic rings. The fourth-order valence-electron chi connectivity index (χ4n) is 4.30. The van der Waals surface area contributed by atoms with E-state index in [0.717, 1.165) is 57.5 Å². The van der Waals surface area contributed by atoms with Gasteiger partial charge in [0.2, 0.25) is 5.91 Å². The molecule has 1 aromatic carbocycles. The minimum atomic E-state index is 0.123. The normalized spacial score (nSPS) is 21.6. The van der Waals surface area contributed by atoms with Crippen LogP contribution < -0.4 is 4.90 Å². The number of piperidine rings is 1. The monoisotopic (exact) mass is 390 g/mol. The fourth-order valence-corrected chi connectivity index (χ4v) is 4.46. The number of hydrogen-bond acceptors (Lipinski definition) is 5. The molecule has 1 amide bonds. The summed E-state index contributed by atoms with van der Waals surface area (Å²) < 4.78 is 5.87. The first-order chi connectivity index (χ1) is 13.0. The Bertz CT molecular complexity index is 813. The van der Waals surface area contributed by atoms with Gasteiger partial charge >= 0.3 is 0 Å². The van der Waals surface area contributed by atoms with Crippen LogP contribution in [-0.4, -0.2) is 67.5 Å². The molecule has 27 heavy (non-hydrogen) atoms. The van der Waals surface area contributed by atoms with Gasteiger partial charge in [0.15, 0.2) is 5.58 Å². The third-order valence-electron chi connectivity index (χ3n) is 5.67. The van der Waals surface area contributed by atoms with Gasteiger partial charge in [0.05, 0.1) is 0 Å². The number of likely N-dealkylation sites (tertiary alicyclic amines) is 1. The van der Waals surface area contributed by atoms with E-state index in [1.165, 1.54) is 0 Å². The first-order valence-electron chi connectivity index (χ1n) is 9.74. The standard InChI is InChI=1S/C20H27ClN4O2/c1-23(2)12-14-5-8-25(13-14)19(26)15-6-9-24(10-7-15)20-22-17-4-3-16(21)11-18(17)27-20/h3-4,11,14-15H,5-10,12-13H2,1-2H3. The van der Waals surface area contributed by atoms with Crippen molar-refractivity contribution < 1.29 is 9.21 Å². The molecule has 0 aliphatic carbocycles. The van der Waals surface area contributed by atoms with Crippen molar-refractivity contribution >= 4 is 34.6 Å². The van der Waals surface area contributed by atoms with Gasteiger partial charge in [-0.3, -0.25) is 4.79 Å². The van der Waals surface area contributed by atoms with Gasteiger partial charge < -0.3 is 19.1 Å². The van der Waals surface area contributed by atoms with Gasteiger partial charge in [-0.25, -0.2) is 0 Å². The minimum Gasteiger partial charge on any atom is -0.423 e. The lowest BCUT2D eigenvalue weighted by Crippen LogP contribution is -2.42. The van der Waals surface area contributed by atoms with Crippen LogP contribution in [-0.2, 0) is 4.79 Å². The highest BCUT2D eigenvalue weighted by Gasteiger charge is 2.33. The first kappa shape index (κ1) is 18.6. The SMILES string of the molecule is CN(C)CC1CCN(C(=O)C2CCN(c3nc4ccc(Cl)cc4o3)CC2)C1. The van der Waals surface area contributed by atoms with Crippen molar-refractivity contribution in [3.8, 4) is 0 Å². The number of oxazole rings is 1. The van der Waals surface area contributed by atoms with Crippen LogP contribution in [0.2, 0.25) is 5.02 Å². The fraction of sp³-hybridized carbons (Fsp3) is 0.600. The number of rotatable bonds is 4. The number of halogens is 1. The van der Waals surface area contributed by atoms with Gasteiger partial charge in [-0.2, -0.15) is 4.98 Å². The number of amides is 1. The second-order valence-corrected chi connectivity index (χ2v) is 8.51. The average molecular weight is 391 g/mol. The number of fused-ring (bicyclic) bond motifs is 1. The zero-order chi connectivity index (χ0) is 19.0. The van der Waals surface area contributed by atoms with E-state index in [1.54, 1.807) is 6.07 Å². The van der Waals surface area contributed by atoms with Gasteiger partial charge in [-0.05, 0) is 51.4 Å². The number of carbonyl (C=O) groups excluding carboxylic acids is 1. The number of benzene rings is 1. The quantitative estimate of drug-likeness (QED) is 0.802. The van der Waals surface area contributed by atoms with Crippen LogP contribution in [0.3, 0.4) is 0 Å². The lowest BCUT2D eigenvalue weighted by molar-refractivity contribution is -0.135. The van der Waals surface area contributed by atoms with Crippen molar-refractivity contribution in [1.82, 2.24) is 14.8 Å². The van der Waals surface area contributed by atoms with E-state index in [4.69, 9.17) is 16.0 Å². The third kappa shape index (κ3) is 4.06. The van der Waals surface area contributed by atoms with Gasteiger partial charge in [0.25, 0.3) is 6.01 Å². The van der Waals surface area contributed by atoms with Crippen molar-refractivity contribution in [2.45, 2.75) is 19.3 Å². The van der Waals surface area contributed by atoms with Gasteiger partial charge in [-0.1, -0.05) is 11.6 Å². The molecule has 0 radical (unpaired) electrons. The topological polar surface area (TPSA) is 52.8 Å². The predicted octanol–water partition coefficient (Wildman–Crippen LogP) is 3.11. The van der Waals surface area contributed by atoms with E-state index >= 15 is 0 Å². The molecule has 6 nitrogen and oxygen atoms in total. The molecule has 1 atom stereocenters. The lowest BCUT2D eigenvalue weighted by Gasteiger charge is -2.32. The highest BCUT2D eigenvalue weighted by Crippen LogP contribution is 2.29. The Morgan fingerprint density at radius 2 is 2.04 bits per heavy atom. The zero-order valence-electron chi connectivity index (χ0n) is 16.0. The van der Waals surface area contributed by atoms with Crippen LogP contribution in [0.1, 0.15) is 19.3 Å². The first-order valence-corrected chi connectivity index (χ1v) is 10.1. The molecular formula is C20H27ClN4O2. The molecule has 3 heterocycles. The molecule has 0 bridgehead atoms. The summed E-state index contributed by atoms with van der Waals surface area (Å²) in [5.74, 6) is 1.06. The predicted molar refractivity (Wildman–Crippen MR) is 107 cm³/mol. The molecular weight excluding hydrogens is 364 g/mol. The van der Waals surface area contributed by atoms with Crippen LogP contribution in [0.4, 0.5) is 6.01 Å². The summed E-state index contributed by atoms with van der Waals surface area (Å²) in [7, 11) is 4.19. The Morgan fingerprint density at radius 1 is 1.26 bits per heavy atom. The summed E-state index contributed by atoms with van der Waals surface area (Å²) in [4.78, 5) is 23.9. The Hall–Kier alpha value is -1.79. The Morgan fingerprint density at radius 3 is 2.78 bits per heavy atom. The Balaban J connectivity index is 1.33. The van der Waals surface area contributed by atoms with Crippen molar-refractivity contribution in [1.29, 1.82) is 0 Å². The van der Waals surface area contributed by atoms with E-state index in [-0.39, 0.29) is 5.92 Å². The van der Waals surface area contributed by atoms with Crippen molar-refractivity contribution in [3.05, 3.63) is 23.2 Å². The summed E-state index contributed by atoms with van der Waals surface area (Å²) in [6, 6.07) is 6.12. The molecule has 0 saturated carbocycles. The molecule has 2 aliphatic heterocycles. The lowest BCUT2D eigenvalue weighted by atomic mass is 9.95. The van der Waals surface area contributed by atoms with Crippen LogP contribution in [0, 0.1) is 11.8 Å². The summed E-state index contributed by atoms with van der Waals surface area (Å²) in [6.45, 7) is 4.47. The van der Waals surface area contributed by atoms with E-state index in [2.05, 4.69) is 33.8 Å². The summed E-state index contributed by atoms with van der Waals surface area (Å²) >= 11 is 6.02. The van der Waals surface area contributed by atoms with Crippen molar-refractivity contribution in [3.63, 3.8) is 0 Å². The van der Waals surface area contributed by atoms with E-state index < -0.39 is 0 Å². The summed E-state index contributed by atoms with van der Waals surface area (Å²) in [5.41, 5.74) is 1.52. The molecule has 2 fully saturated rings.